The summed E-state index contributed by atoms with van der Waals surface area (Å²) in [7, 11) is 0. The average Bonchev–Trinajstić information content (AvgIpc) is 2.77. The number of rotatable bonds is 6. The summed E-state index contributed by atoms with van der Waals surface area (Å²) in [5.41, 5.74) is 1.34. The predicted molar refractivity (Wildman–Crippen MR) is 70.7 cm³/mol. The summed E-state index contributed by atoms with van der Waals surface area (Å²) in [4.78, 5) is 0. The number of para-hydroxylation sites is 1. The van der Waals surface area contributed by atoms with Crippen LogP contribution in [0.25, 0.3) is 0 Å². The summed E-state index contributed by atoms with van der Waals surface area (Å²) in [6.07, 6.45) is 0. The van der Waals surface area contributed by atoms with Gasteiger partial charge in [0.1, 0.15) is 5.75 Å². The molecule has 0 fully saturated rings. The molecule has 0 spiro atoms. The van der Waals surface area contributed by atoms with Crippen molar-refractivity contribution in [2.75, 3.05) is 26.2 Å². The molecule has 94 valence electrons. The van der Waals surface area contributed by atoms with E-state index in [-0.39, 0.29) is 0 Å². The van der Waals surface area contributed by atoms with E-state index in [0.29, 0.717) is 12.0 Å². The monoisotopic (exact) mass is 234 g/mol. The predicted octanol–water partition coefficient (Wildman–Crippen LogP) is 1.75. The van der Waals surface area contributed by atoms with Gasteiger partial charge in [-0.25, -0.2) is 0 Å². The lowest BCUT2D eigenvalue weighted by molar-refractivity contribution is 0.322. The molecular weight excluding hydrogens is 212 g/mol. The lowest BCUT2D eigenvalue weighted by Gasteiger charge is -2.17. The van der Waals surface area contributed by atoms with Crippen molar-refractivity contribution in [1.29, 1.82) is 0 Å². The third-order valence-electron chi connectivity index (χ3n) is 3.21. The molecule has 2 atom stereocenters. The molecule has 0 radical (unpaired) electrons. The van der Waals surface area contributed by atoms with Gasteiger partial charge in [-0.15, -0.1) is 0 Å². The fourth-order valence-electron chi connectivity index (χ4n) is 2.17. The van der Waals surface area contributed by atoms with Gasteiger partial charge in [0.05, 0.1) is 6.61 Å². The van der Waals surface area contributed by atoms with Crippen molar-refractivity contribution in [2.24, 2.45) is 0 Å². The number of fused-ring (bicyclic) bond motifs is 1. The Labute approximate surface area is 104 Å². The normalized spacial score (nSPS) is 19.8. The summed E-state index contributed by atoms with van der Waals surface area (Å²) in [5.74, 6) is 1.55. The second kappa shape index (κ2) is 6.03. The standard InChI is InChI=1S/C14H22N2O/c1-3-15-8-11(2)16-9-12-10-17-14-7-5-4-6-13(12)14/h4-7,11-12,15-16H,3,8-10H2,1-2H3. The number of benzene rings is 1. The Kier molecular flexibility index (Phi) is 4.40. The fourth-order valence-corrected chi connectivity index (χ4v) is 2.17. The number of hydrogen-bond donors (Lipinski definition) is 2. The van der Waals surface area contributed by atoms with Crippen LogP contribution in [0.1, 0.15) is 25.3 Å². The van der Waals surface area contributed by atoms with Crippen LogP contribution in [0.3, 0.4) is 0 Å². The molecule has 0 saturated carbocycles. The Hall–Kier alpha value is -1.06. The van der Waals surface area contributed by atoms with Crippen LogP contribution in [0.5, 0.6) is 5.75 Å². The molecule has 3 heteroatoms. The number of likely N-dealkylation sites (N-methyl/N-ethyl adjacent to an activating group) is 1. The summed E-state index contributed by atoms with van der Waals surface area (Å²) in [5, 5.41) is 6.91. The summed E-state index contributed by atoms with van der Waals surface area (Å²) < 4.78 is 5.67. The largest absolute Gasteiger partial charge is 0.493 e. The molecule has 1 heterocycles. The lowest BCUT2D eigenvalue weighted by atomic mass is 10.0. The quantitative estimate of drug-likeness (QED) is 0.787. The first-order valence-corrected chi connectivity index (χ1v) is 6.47. The van der Waals surface area contributed by atoms with E-state index >= 15 is 0 Å². The Morgan fingerprint density at radius 3 is 3.06 bits per heavy atom. The van der Waals surface area contributed by atoms with Gasteiger partial charge >= 0.3 is 0 Å². The summed E-state index contributed by atoms with van der Waals surface area (Å²) in [6.45, 7) is 8.19. The van der Waals surface area contributed by atoms with Crippen LogP contribution in [0, 0.1) is 0 Å². The molecule has 0 bridgehead atoms. The molecule has 2 N–H and O–H groups in total. The van der Waals surface area contributed by atoms with Crippen molar-refractivity contribution in [3.8, 4) is 5.75 Å². The van der Waals surface area contributed by atoms with Crippen molar-refractivity contribution in [3.05, 3.63) is 29.8 Å². The first-order valence-electron chi connectivity index (χ1n) is 6.47. The molecule has 0 aromatic heterocycles. The zero-order valence-electron chi connectivity index (χ0n) is 10.7. The highest BCUT2D eigenvalue weighted by molar-refractivity contribution is 5.39. The average molecular weight is 234 g/mol. The Morgan fingerprint density at radius 2 is 2.24 bits per heavy atom. The van der Waals surface area contributed by atoms with Crippen LogP contribution in [0.2, 0.25) is 0 Å². The van der Waals surface area contributed by atoms with Gasteiger partial charge in [0.2, 0.25) is 0 Å². The SMILES string of the molecule is CCNCC(C)NCC1COc2ccccc21. The van der Waals surface area contributed by atoms with E-state index in [1.807, 2.05) is 6.07 Å². The molecule has 1 aromatic carbocycles. The van der Waals surface area contributed by atoms with Crippen molar-refractivity contribution in [3.63, 3.8) is 0 Å². The molecule has 0 aliphatic carbocycles. The second-order valence-corrected chi connectivity index (χ2v) is 4.66. The van der Waals surface area contributed by atoms with Gasteiger partial charge in [-0.3, -0.25) is 0 Å². The Morgan fingerprint density at radius 1 is 1.41 bits per heavy atom. The van der Waals surface area contributed by atoms with E-state index in [9.17, 15) is 0 Å². The third kappa shape index (κ3) is 3.20. The topological polar surface area (TPSA) is 33.3 Å². The fraction of sp³-hybridized carbons (Fsp3) is 0.571. The van der Waals surface area contributed by atoms with E-state index < -0.39 is 0 Å². The van der Waals surface area contributed by atoms with Crippen LogP contribution in [0.15, 0.2) is 24.3 Å². The Bertz CT molecular complexity index is 354. The molecule has 2 unspecified atom stereocenters. The van der Waals surface area contributed by atoms with Gasteiger partial charge < -0.3 is 15.4 Å². The second-order valence-electron chi connectivity index (χ2n) is 4.66. The van der Waals surface area contributed by atoms with E-state index in [1.54, 1.807) is 0 Å². The van der Waals surface area contributed by atoms with Crippen molar-refractivity contribution < 1.29 is 4.74 Å². The van der Waals surface area contributed by atoms with E-state index in [2.05, 4.69) is 42.7 Å². The summed E-state index contributed by atoms with van der Waals surface area (Å²) >= 11 is 0. The first-order chi connectivity index (χ1) is 8.31. The van der Waals surface area contributed by atoms with E-state index in [4.69, 9.17) is 4.74 Å². The van der Waals surface area contributed by atoms with Gasteiger partial charge in [-0.2, -0.15) is 0 Å². The van der Waals surface area contributed by atoms with Crippen LogP contribution in [0.4, 0.5) is 0 Å². The van der Waals surface area contributed by atoms with Crippen LogP contribution >= 0.6 is 0 Å². The molecular formula is C14H22N2O. The molecule has 3 nitrogen and oxygen atoms in total. The van der Waals surface area contributed by atoms with Gasteiger partial charge in [0, 0.05) is 30.6 Å². The van der Waals surface area contributed by atoms with Gasteiger partial charge in [-0.05, 0) is 19.5 Å². The minimum atomic E-state index is 0.496. The number of ether oxygens (including phenoxy) is 1. The van der Waals surface area contributed by atoms with E-state index in [1.165, 1.54) is 5.56 Å². The first kappa shape index (κ1) is 12.4. The maximum Gasteiger partial charge on any atom is 0.122 e. The highest BCUT2D eigenvalue weighted by atomic mass is 16.5. The van der Waals surface area contributed by atoms with Crippen LogP contribution < -0.4 is 15.4 Å². The highest BCUT2D eigenvalue weighted by Crippen LogP contribution is 2.32. The van der Waals surface area contributed by atoms with Gasteiger partial charge in [0.15, 0.2) is 0 Å². The lowest BCUT2D eigenvalue weighted by Crippen LogP contribution is -2.38. The maximum atomic E-state index is 5.67. The van der Waals surface area contributed by atoms with Crippen molar-refractivity contribution in [1.82, 2.24) is 10.6 Å². The highest BCUT2D eigenvalue weighted by Gasteiger charge is 2.23. The number of hydrogen-bond acceptors (Lipinski definition) is 3. The molecule has 1 aromatic rings. The molecule has 17 heavy (non-hydrogen) atoms. The van der Waals surface area contributed by atoms with Crippen LogP contribution in [-0.4, -0.2) is 32.3 Å². The number of nitrogens with one attached hydrogen (secondary N) is 2. The molecule has 0 saturated heterocycles. The smallest absolute Gasteiger partial charge is 0.122 e. The van der Waals surface area contributed by atoms with Crippen LogP contribution in [-0.2, 0) is 0 Å². The Balaban J connectivity index is 1.81. The van der Waals surface area contributed by atoms with Gasteiger partial charge in [-0.1, -0.05) is 25.1 Å². The minimum Gasteiger partial charge on any atom is -0.493 e. The minimum absolute atomic E-state index is 0.496. The summed E-state index contributed by atoms with van der Waals surface area (Å²) in [6, 6.07) is 8.84. The maximum absolute atomic E-state index is 5.67. The molecule has 2 rings (SSSR count). The van der Waals surface area contributed by atoms with Crippen molar-refractivity contribution >= 4 is 0 Å². The third-order valence-corrected chi connectivity index (χ3v) is 3.21. The zero-order chi connectivity index (χ0) is 12.1. The molecule has 1 aliphatic heterocycles. The molecule has 0 amide bonds. The van der Waals surface area contributed by atoms with Gasteiger partial charge in [0.25, 0.3) is 0 Å². The molecule has 1 aliphatic rings. The zero-order valence-corrected chi connectivity index (χ0v) is 10.7. The van der Waals surface area contributed by atoms with E-state index in [0.717, 1.165) is 32.0 Å². The van der Waals surface area contributed by atoms with Crippen molar-refractivity contribution in [2.45, 2.75) is 25.8 Å².